The summed E-state index contributed by atoms with van der Waals surface area (Å²) < 4.78 is 0. The zero-order valence-electron chi connectivity index (χ0n) is 11.8. The van der Waals surface area contributed by atoms with Crippen molar-refractivity contribution in [3.63, 3.8) is 0 Å². The molecule has 1 aromatic carbocycles. The van der Waals surface area contributed by atoms with Crippen molar-refractivity contribution < 1.29 is 4.79 Å². The molecule has 1 heterocycles. The summed E-state index contributed by atoms with van der Waals surface area (Å²) in [4.78, 5) is 15.9. The molecule has 4 nitrogen and oxygen atoms in total. The van der Waals surface area contributed by atoms with Gasteiger partial charge in [0.1, 0.15) is 0 Å². The molecule has 110 valence electrons. The smallest absolute Gasteiger partial charge is 0.315 e. The fraction of sp³-hybridized carbons (Fsp3) is 0.250. The highest BCUT2D eigenvalue weighted by atomic mass is 35.5. The molecule has 2 rings (SSSR count). The lowest BCUT2D eigenvalue weighted by Crippen LogP contribution is -2.38. The zero-order valence-corrected chi connectivity index (χ0v) is 12.6. The highest BCUT2D eigenvalue weighted by Crippen LogP contribution is 2.21. The Bertz CT molecular complexity index is 589. The van der Waals surface area contributed by atoms with Crippen LogP contribution in [-0.4, -0.2) is 17.6 Å². The SMILES string of the molecule is CC(NC(=O)NCCc1cccnc1)c1ccccc1Cl. The maximum Gasteiger partial charge on any atom is 0.315 e. The van der Waals surface area contributed by atoms with Crippen LogP contribution in [0.2, 0.25) is 5.02 Å². The minimum Gasteiger partial charge on any atom is -0.338 e. The Balaban J connectivity index is 1.78. The Morgan fingerprint density at radius 2 is 2.10 bits per heavy atom. The normalized spacial score (nSPS) is 11.7. The third kappa shape index (κ3) is 4.76. The third-order valence-corrected chi connectivity index (χ3v) is 3.49. The summed E-state index contributed by atoms with van der Waals surface area (Å²) in [7, 11) is 0. The van der Waals surface area contributed by atoms with Crippen LogP contribution in [0.4, 0.5) is 4.79 Å². The lowest BCUT2D eigenvalue weighted by molar-refractivity contribution is 0.238. The molecule has 2 aromatic rings. The summed E-state index contributed by atoms with van der Waals surface area (Å²) >= 11 is 6.11. The average molecular weight is 304 g/mol. The molecule has 1 aromatic heterocycles. The van der Waals surface area contributed by atoms with Crippen molar-refractivity contribution in [3.05, 3.63) is 64.9 Å². The first-order valence-corrected chi connectivity index (χ1v) is 7.22. The molecule has 0 bridgehead atoms. The first-order chi connectivity index (χ1) is 10.2. The highest BCUT2D eigenvalue weighted by Gasteiger charge is 2.11. The largest absolute Gasteiger partial charge is 0.338 e. The predicted octanol–water partition coefficient (Wildman–Crippen LogP) is 3.34. The molecular weight excluding hydrogens is 286 g/mol. The summed E-state index contributed by atoms with van der Waals surface area (Å²) in [6.45, 7) is 2.47. The third-order valence-electron chi connectivity index (χ3n) is 3.14. The summed E-state index contributed by atoms with van der Waals surface area (Å²) in [5.41, 5.74) is 2.00. The van der Waals surface area contributed by atoms with Gasteiger partial charge >= 0.3 is 6.03 Å². The van der Waals surface area contributed by atoms with Gasteiger partial charge in [-0.3, -0.25) is 4.98 Å². The number of hydrogen-bond acceptors (Lipinski definition) is 2. The van der Waals surface area contributed by atoms with Crippen LogP contribution in [0.25, 0.3) is 0 Å². The number of rotatable bonds is 5. The molecule has 1 atom stereocenters. The summed E-state index contributed by atoms with van der Waals surface area (Å²) in [6, 6.07) is 11.0. The van der Waals surface area contributed by atoms with E-state index in [1.165, 1.54) is 0 Å². The Labute approximate surface area is 129 Å². The monoisotopic (exact) mass is 303 g/mol. The van der Waals surface area contributed by atoms with Crippen LogP contribution >= 0.6 is 11.6 Å². The molecule has 2 N–H and O–H groups in total. The number of nitrogens with one attached hydrogen (secondary N) is 2. The average Bonchev–Trinajstić information content (AvgIpc) is 2.48. The Hall–Kier alpha value is -2.07. The first-order valence-electron chi connectivity index (χ1n) is 6.84. The number of urea groups is 1. The van der Waals surface area contributed by atoms with Gasteiger partial charge < -0.3 is 10.6 Å². The van der Waals surface area contributed by atoms with Gasteiger partial charge in [-0.15, -0.1) is 0 Å². The number of aromatic nitrogens is 1. The quantitative estimate of drug-likeness (QED) is 0.890. The molecule has 0 fully saturated rings. The maximum absolute atomic E-state index is 11.8. The Morgan fingerprint density at radius 1 is 1.29 bits per heavy atom. The van der Waals surface area contributed by atoms with E-state index in [2.05, 4.69) is 15.6 Å². The molecular formula is C16H18ClN3O. The minimum absolute atomic E-state index is 0.142. The second-order valence-electron chi connectivity index (χ2n) is 4.75. The van der Waals surface area contributed by atoms with Gasteiger partial charge in [-0.1, -0.05) is 35.9 Å². The summed E-state index contributed by atoms with van der Waals surface area (Å²) in [5, 5.41) is 6.36. The number of carbonyl (C=O) groups is 1. The predicted molar refractivity (Wildman–Crippen MR) is 84.3 cm³/mol. The van der Waals surface area contributed by atoms with Gasteiger partial charge in [-0.2, -0.15) is 0 Å². The van der Waals surface area contributed by atoms with Gasteiger partial charge in [0, 0.05) is 24.0 Å². The number of hydrogen-bond donors (Lipinski definition) is 2. The number of nitrogens with zero attached hydrogens (tertiary/aromatic N) is 1. The minimum atomic E-state index is -0.202. The molecule has 0 aliphatic rings. The molecule has 21 heavy (non-hydrogen) atoms. The van der Waals surface area contributed by atoms with Gasteiger partial charge in [0.2, 0.25) is 0 Å². The van der Waals surface area contributed by atoms with E-state index in [1.807, 2.05) is 43.3 Å². The van der Waals surface area contributed by atoms with Crippen molar-refractivity contribution in [1.29, 1.82) is 0 Å². The molecule has 0 saturated carbocycles. The van der Waals surface area contributed by atoms with E-state index in [4.69, 9.17) is 11.6 Å². The fourth-order valence-corrected chi connectivity index (χ4v) is 2.32. The van der Waals surface area contributed by atoms with E-state index in [0.717, 1.165) is 17.5 Å². The number of halogens is 1. The van der Waals surface area contributed by atoms with E-state index < -0.39 is 0 Å². The molecule has 2 amide bonds. The molecule has 0 aliphatic heterocycles. The fourth-order valence-electron chi connectivity index (χ4n) is 2.02. The second kappa shape index (κ2) is 7.64. The van der Waals surface area contributed by atoms with Gasteiger partial charge in [0.25, 0.3) is 0 Å². The number of carbonyl (C=O) groups excluding carboxylic acids is 1. The molecule has 1 unspecified atom stereocenters. The highest BCUT2D eigenvalue weighted by molar-refractivity contribution is 6.31. The molecule has 0 spiro atoms. The van der Waals surface area contributed by atoms with E-state index >= 15 is 0 Å². The number of pyridine rings is 1. The van der Waals surface area contributed by atoms with Gasteiger partial charge in [-0.05, 0) is 36.6 Å². The molecule has 0 aliphatic carbocycles. The number of amides is 2. The first kappa shape index (κ1) is 15.3. The van der Waals surface area contributed by atoms with Crippen LogP contribution in [0, 0.1) is 0 Å². The van der Waals surface area contributed by atoms with Crippen LogP contribution < -0.4 is 10.6 Å². The van der Waals surface area contributed by atoms with Crippen LogP contribution in [0.3, 0.4) is 0 Å². The van der Waals surface area contributed by atoms with Crippen molar-refractivity contribution in [1.82, 2.24) is 15.6 Å². The van der Waals surface area contributed by atoms with E-state index in [0.29, 0.717) is 11.6 Å². The van der Waals surface area contributed by atoms with Crippen LogP contribution in [0.5, 0.6) is 0 Å². The zero-order chi connectivity index (χ0) is 15.1. The van der Waals surface area contributed by atoms with Crippen molar-refractivity contribution in [3.8, 4) is 0 Å². The maximum atomic E-state index is 11.8. The van der Waals surface area contributed by atoms with Crippen molar-refractivity contribution >= 4 is 17.6 Å². The summed E-state index contributed by atoms with van der Waals surface area (Å²) in [6.07, 6.45) is 4.28. The molecule has 0 saturated heterocycles. The lowest BCUT2D eigenvalue weighted by atomic mass is 10.1. The molecule has 5 heteroatoms. The van der Waals surface area contributed by atoms with Crippen molar-refractivity contribution in [2.45, 2.75) is 19.4 Å². The standard InChI is InChI=1S/C16H18ClN3O/c1-12(14-6-2-3-7-15(14)17)20-16(21)19-10-8-13-5-4-9-18-11-13/h2-7,9,11-12H,8,10H2,1H3,(H2,19,20,21). The van der Waals surface area contributed by atoms with E-state index in [-0.39, 0.29) is 12.1 Å². The number of benzene rings is 1. The second-order valence-corrected chi connectivity index (χ2v) is 5.16. The van der Waals surface area contributed by atoms with Crippen LogP contribution in [0.15, 0.2) is 48.8 Å². The van der Waals surface area contributed by atoms with Crippen molar-refractivity contribution in [2.75, 3.05) is 6.54 Å². The van der Waals surface area contributed by atoms with Gasteiger partial charge in [0.05, 0.1) is 6.04 Å². The Morgan fingerprint density at radius 3 is 2.81 bits per heavy atom. The summed E-state index contributed by atoms with van der Waals surface area (Å²) in [5.74, 6) is 0. The lowest BCUT2D eigenvalue weighted by Gasteiger charge is -2.16. The van der Waals surface area contributed by atoms with Gasteiger partial charge in [0.15, 0.2) is 0 Å². The van der Waals surface area contributed by atoms with Crippen LogP contribution in [-0.2, 0) is 6.42 Å². The van der Waals surface area contributed by atoms with Crippen molar-refractivity contribution in [2.24, 2.45) is 0 Å². The van der Waals surface area contributed by atoms with Crippen LogP contribution in [0.1, 0.15) is 24.1 Å². The molecule has 0 radical (unpaired) electrons. The van der Waals surface area contributed by atoms with Gasteiger partial charge in [-0.25, -0.2) is 4.79 Å². The Kier molecular flexibility index (Phi) is 5.58. The topological polar surface area (TPSA) is 54.0 Å². The van der Waals surface area contributed by atoms with E-state index in [9.17, 15) is 4.79 Å². The van der Waals surface area contributed by atoms with E-state index in [1.54, 1.807) is 12.4 Å².